The van der Waals surface area contributed by atoms with Crippen LogP contribution < -0.4 is 5.32 Å². The average Bonchev–Trinajstić information content (AvgIpc) is 2.41. The second-order valence-corrected chi connectivity index (χ2v) is 4.68. The van der Waals surface area contributed by atoms with Gasteiger partial charge in [-0.25, -0.2) is 4.39 Å². The molecule has 0 saturated carbocycles. The van der Waals surface area contributed by atoms with Crippen molar-refractivity contribution >= 4 is 11.8 Å². The summed E-state index contributed by atoms with van der Waals surface area (Å²) in [5.74, 6) is -0.426. The van der Waals surface area contributed by atoms with Crippen LogP contribution in [-0.2, 0) is 16.0 Å². The molecular formula is C14H17FN2O2. The van der Waals surface area contributed by atoms with Crippen molar-refractivity contribution in [3.8, 4) is 0 Å². The van der Waals surface area contributed by atoms with E-state index in [0.717, 1.165) is 5.56 Å². The van der Waals surface area contributed by atoms with Gasteiger partial charge in [0, 0.05) is 19.5 Å². The number of piperazine rings is 1. The van der Waals surface area contributed by atoms with Gasteiger partial charge in [-0.15, -0.1) is 0 Å². The summed E-state index contributed by atoms with van der Waals surface area (Å²) in [7, 11) is 0. The van der Waals surface area contributed by atoms with Gasteiger partial charge in [0.25, 0.3) is 0 Å². The van der Waals surface area contributed by atoms with Crippen molar-refractivity contribution in [3.63, 3.8) is 0 Å². The highest BCUT2D eigenvalue weighted by atomic mass is 19.1. The topological polar surface area (TPSA) is 49.4 Å². The molecule has 2 amide bonds. The molecule has 0 aromatic heterocycles. The third-order valence-electron chi connectivity index (χ3n) is 3.36. The van der Waals surface area contributed by atoms with Gasteiger partial charge in [-0.2, -0.15) is 0 Å². The van der Waals surface area contributed by atoms with Crippen LogP contribution in [0.2, 0.25) is 0 Å². The van der Waals surface area contributed by atoms with E-state index in [-0.39, 0.29) is 17.6 Å². The Balaban J connectivity index is 1.90. The number of nitrogens with zero attached hydrogens (tertiary/aromatic N) is 1. The van der Waals surface area contributed by atoms with E-state index in [1.165, 1.54) is 12.1 Å². The molecule has 1 saturated heterocycles. The monoisotopic (exact) mass is 264 g/mol. The van der Waals surface area contributed by atoms with Gasteiger partial charge < -0.3 is 10.2 Å². The molecule has 1 atom stereocenters. The van der Waals surface area contributed by atoms with Gasteiger partial charge in [-0.05, 0) is 31.0 Å². The molecule has 4 nitrogen and oxygen atoms in total. The molecule has 0 radical (unpaired) electrons. The Morgan fingerprint density at radius 1 is 1.42 bits per heavy atom. The fourth-order valence-corrected chi connectivity index (χ4v) is 2.17. The predicted octanol–water partition coefficient (Wildman–Crippen LogP) is 1.11. The number of hydrogen-bond donors (Lipinski definition) is 1. The van der Waals surface area contributed by atoms with Crippen molar-refractivity contribution in [1.82, 2.24) is 10.2 Å². The normalized spacial score (nSPS) is 19.2. The number of hydrogen-bond acceptors (Lipinski definition) is 2. The Bertz CT molecular complexity index is 473. The summed E-state index contributed by atoms with van der Waals surface area (Å²) in [5.41, 5.74) is 0.920. The van der Waals surface area contributed by atoms with Crippen LogP contribution in [0.25, 0.3) is 0 Å². The van der Waals surface area contributed by atoms with E-state index in [1.807, 2.05) is 0 Å². The molecule has 0 bridgehead atoms. The number of aryl methyl sites for hydroxylation is 1. The molecule has 1 aromatic rings. The van der Waals surface area contributed by atoms with Crippen molar-refractivity contribution in [3.05, 3.63) is 35.6 Å². The SMILES string of the molecule is CC1C(=O)NCCN1C(=O)CCc1ccc(F)cc1. The summed E-state index contributed by atoms with van der Waals surface area (Å²) in [6.07, 6.45) is 0.896. The summed E-state index contributed by atoms with van der Waals surface area (Å²) in [4.78, 5) is 25.1. The van der Waals surface area contributed by atoms with Gasteiger partial charge in [-0.1, -0.05) is 12.1 Å². The average molecular weight is 264 g/mol. The smallest absolute Gasteiger partial charge is 0.242 e. The van der Waals surface area contributed by atoms with Gasteiger partial charge in [0.2, 0.25) is 11.8 Å². The standard InChI is InChI=1S/C14H17FN2O2/c1-10-14(19)16-8-9-17(10)13(18)7-4-11-2-5-12(15)6-3-11/h2-3,5-6,10H,4,7-9H2,1H3,(H,16,19). The van der Waals surface area contributed by atoms with Crippen LogP contribution >= 0.6 is 0 Å². The number of rotatable bonds is 3. The first-order valence-electron chi connectivity index (χ1n) is 6.39. The van der Waals surface area contributed by atoms with Gasteiger partial charge >= 0.3 is 0 Å². The number of amides is 2. The summed E-state index contributed by atoms with van der Waals surface area (Å²) < 4.78 is 12.8. The van der Waals surface area contributed by atoms with Gasteiger partial charge in [0.05, 0.1) is 0 Å². The van der Waals surface area contributed by atoms with E-state index in [0.29, 0.717) is 25.9 Å². The van der Waals surface area contributed by atoms with Crippen LogP contribution in [0.1, 0.15) is 18.9 Å². The number of halogens is 1. The molecule has 1 aromatic carbocycles. The predicted molar refractivity (Wildman–Crippen MR) is 68.9 cm³/mol. The minimum absolute atomic E-state index is 0.0355. The van der Waals surface area contributed by atoms with E-state index in [9.17, 15) is 14.0 Å². The van der Waals surface area contributed by atoms with E-state index in [1.54, 1.807) is 24.0 Å². The number of benzene rings is 1. The first-order chi connectivity index (χ1) is 9.08. The molecule has 5 heteroatoms. The van der Waals surface area contributed by atoms with Crippen molar-refractivity contribution < 1.29 is 14.0 Å². The molecule has 19 heavy (non-hydrogen) atoms. The maximum atomic E-state index is 12.8. The first kappa shape index (κ1) is 13.5. The van der Waals surface area contributed by atoms with Crippen molar-refractivity contribution in [2.45, 2.75) is 25.8 Å². The third kappa shape index (κ3) is 3.30. The van der Waals surface area contributed by atoms with Crippen molar-refractivity contribution in [2.75, 3.05) is 13.1 Å². The van der Waals surface area contributed by atoms with Crippen LogP contribution in [0.5, 0.6) is 0 Å². The lowest BCUT2D eigenvalue weighted by molar-refractivity contribution is -0.142. The van der Waals surface area contributed by atoms with Crippen molar-refractivity contribution in [1.29, 1.82) is 0 Å². The maximum absolute atomic E-state index is 12.8. The van der Waals surface area contributed by atoms with Crippen LogP contribution in [0.3, 0.4) is 0 Å². The molecule has 1 fully saturated rings. The van der Waals surface area contributed by atoms with E-state index in [4.69, 9.17) is 0 Å². The fraction of sp³-hybridized carbons (Fsp3) is 0.429. The fourth-order valence-electron chi connectivity index (χ4n) is 2.17. The summed E-state index contributed by atoms with van der Waals surface area (Å²) in [6, 6.07) is 5.71. The van der Waals surface area contributed by atoms with E-state index < -0.39 is 6.04 Å². The molecule has 2 rings (SSSR count). The third-order valence-corrected chi connectivity index (χ3v) is 3.36. The Morgan fingerprint density at radius 3 is 2.79 bits per heavy atom. The van der Waals surface area contributed by atoms with Crippen LogP contribution in [-0.4, -0.2) is 35.8 Å². The molecule has 102 valence electrons. The molecule has 1 heterocycles. The quantitative estimate of drug-likeness (QED) is 0.889. The zero-order valence-electron chi connectivity index (χ0n) is 10.9. The molecule has 0 spiro atoms. The lowest BCUT2D eigenvalue weighted by Gasteiger charge is -2.32. The zero-order valence-corrected chi connectivity index (χ0v) is 10.9. The summed E-state index contributed by atoms with van der Waals surface area (Å²) >= 11 is 0. The summed E-state index contributed by atoms with van der Waals surface area (Å²) in [5, 5.41) is 2.72. The second-order valence-electron chi connectivity index (χ2n) is 4.68. The second kappa shape index (κ2) is 5.82. The Morgan fingerprint density at radius 2 is 2.11 bits per heavy atom. The van der Waals surface area contributed by atoms with Crippen LogP contribution in [0.4, 0.5) is 4.39 Å². The Hall–Kier alpha value is -1.91. The van der Waals surface area contributed by atoms with E-state index >= 15 is 0 Å². The molecule has 1 unspecified atom stereocenters. The maximum Gasteiger partial charge on any atom is 0.242 e. The number of carbonyl (C=O) groups excluding carboxylic acids is 2. The molecule has 0 aliphatic carbocycles. The van der Waals surface area contributed by atoms with Gasteiger partial charge in [0.1, 0.15) is 11.9 Å². The first-order valence-corrected chi connectivity index (χ1v) is 6.39. The Labute approximate surface area is 111 Å². The highest BCUT2D eigenvalue weighted by Crippen LogP contribution is 2.10. The minimum atomic E-state index is -0.408. The summed E-state index contributed by atoms with van der Waals surface area (Å²) in [6.45, 7) is 2.78. The zero-order chi connectivity index (χ0) is 13.8. The van der Waals surface area contributed by atoms with Crippen LogP contribution in [0, 0.1) is 5.82 Å². The molecule has 1 N–H and O–H groups in total. The molecule has 1 aliphatic rings. The number of carbonyl (C=O) groups is 2. The number of nitrogens with one attached hydrogen (secondary N) is 1. The largest absolute Gasteiger partial charge is 0.353 e. The van der Waals surface area contributed by atoms with Crippen LogP contribution in [0.15, 0.2) is 24.3 Å². The van der Waals surface area contributed by atoms with Crippen molar-refractivity contribution in [2.24, 2.45) is 0 Å². The Kier molecular flexibility index (Phi) is 4.14. The molecule has 1 aliphatic heterocycles. The minimum Gasteiger partial charge on any atom is -0.353 e. The van der Waals surface area contributed by atoms with E-state index in [2.05, 4.69) is 5.32 Å². The van der Waals surface area contributed by atoms with Gasteiger partial charge in [-0.3, -0.25) is 9.59 Å². The van der Waals surface area contributed by atoms with Gasteiger partial charge in [0.15, 0.2) is 0 Å². The highest BCUT2D eigenvalue weighted by Gasteiger charge is 2.28. The highest BCUT2D eigenvalue weighted by molar-refractivity contribution is 5.88. The lowest BCUT2D eigenvalue weighted by atomic mass is 10.1. The molecular weight excluding hydrogens is 247 g/mol. The lowest BCUT2D eigenvalue weighted by Crippen LogP contribution is -2.55.